The van der Waals surface area contributed by atoms with Gasteiger partial charge in [0.2, 0.25) is 0 Å². The number of rotatable bonds is 6. The number of alkyl halides is 3. The van der Waals surface area contributed by atoms with E-state index in [2.05, 4.69) is 4.98 Å². The van der Waals surface area contributed by atoms with Crippen molar-refractivity contribution in [2.24, 2.45) is 5.92 Å². The maximum atomic E-state index is 12.6. The molecule has 0 unspecified atom stereocenters. The Morgan fingerprint density at radius 2 is 1.89 bits per heavy atom. The molecule has 0 N–H and O–H groups in total. The summed E-state index contributed by atoms with van der Waals surface area (Å²) in [7, 11) is -3.46. The van der Waals surface area contributed by atoms with E-state index in [1.54, 1.807) is 12.1 Å². The molecule has 1 aromatic heterocycles. The summed E-state index contributed by atoms with van der Waals surface area (Å²) in [5.74, 6) is -0.271. The van der Waals surface area contributed by atoms with Gasteiger partial charge in [-0.2, -0.15) is 13.2 Å². The van der Waals surface area contributed by atoms with Crippen LogP contribution in [0.5, 0.6) is 0 Å². The summed E-state index contributed by atoms with van der Waals surface area (Å²) in [6.45, 7) is 0. The summed E-state index contributed by atoms with van der Waals surface area (Å²) in [6, 6.07) is 8.01. The summed E-state index contributed by atoms with van der Waals surface area (Å²) < 4.78 is 62.7. The van der Waals surface area contributed by atoms with E-state index in [9.17, 15) is 26.4 Å². The number of carbonyl (C=O) groups is 1. The number of hydrogen-bond acceptors (Lipinski definition) is 4. The second kappa shape index (κ2) is 7.83. The van der Waals surface area contributed by atoms with E-state index >= 15 is 0 Å². The van der Waals surface area contributed by atoms with E-state index < -0.39 is 26.8 Å². The van der Waals surface area contributed by atoms with E-state index in [0.717, 1.165) is 12.1 Å². The highest BCUT2D eigenvalue weighted by molar-refractivity contribution is 7.92. The SMILES string of the molecule is O=C(CCC1CC(S(=O)(=O)c2cccc(Cl)c2)C1)c1ccc(C(F)(F)F)cn1. The van der Waals surface area contributed by atoms with Gasteiger partial charge in [-0.15, -0.1) is 0 Å². The highest BCUT2D eigenvalue weighted by atomic mass is 35.5. The number of nitrogens with zero attached hydrogens (tertiary/aromatic N) is 1. The normalized spacial score (nSPS) is 19.9. The molecule has 28 heavy (non-hydrogen) atoms. The third-order valence-corrected chi connectivity index (χ3v) is 7.32. The minimum Gasteiger partial charge on any atom is -0.292 e. The minimum atomic E-state index is -4.50. The van der Waals surface area contributed by atoms with Crippen LogP contribution in [0.1, 0.15) is 41.7 Å². The first-order valence-corrected chi connectivity index (χ1v) is 10.6. The van der Waals surface area contributed by atoms with Gasteiger partial charge in [0.05, 0.1) is 15.7 Å². The number of pyridine rings is 1. The van der Waals surface area contributed by atoms with Crippen molar-refractivity contribution in [2.75, 3.05) is 0 Å². The van der Waals surface area contributed by atoms with Crippen molar-refractivity contribution >= 4 is 27.2 Å². The largest absolute Gasteiger partial charge is 0.417 e. The molecule has 0 spiro atoms. The Bertz CT molecular complexity index is 969. The predicted octanol–water partition coefficient (Wildman–Crippen LogP) is 4.97. The third kappa shape index (κ3) is 4.55. The second-order valence-corrected chi connectivity index (χ2v) is 9.52. The third-order valence-electron chi connectivity index (χ3n) is 4.91. The van der Waals surface area contributed by atoms with Crippen LogP contribution in [0.4, 0.5) is 13.2 Å². The van der Waals surface area contributed by atoms with Crippen molar-refractivity contribution in [1.82, 2.24) is 4.98 Å². The Balaban J connectivity index is 1.52. The van der Waals surface area contributed by atoms with Crippen LogP contribution in [-0.4, -0.2) is 24.4 Å². The first kappa shape index (κ1) is 20.8. The average molecular weight is 432 g/mol. The van der Waals surface area contributed by atoms with Gasteiger partial charge in [0.25, 0.3) is 0 Å². The fourth-order valence-corrected chi connectivity index (χ4v) is 5.44. The van der Waals surface area contributed by atoms with Crippen molar-refractivity contribution < 1.29 is 26.4 Å². The van der Waals surface area contributed by atoms with Crippen molar-refractivity contribution in [3.63, 3.8) is 0 Å². The molecule has 1 aliphatic carbocycles. The van der Waals surface area contributed by atoms with Crippen molar-refractivity contribution in [3.8, 4) is 0 Å². The van der Waals surface area contributed by atoms with Crippen molar-refractivity contribution in [1.29, 1.82) is 0 Å². The fourth-order valence-electron chi connectivity index (χ4n) is 3.19. The van der Waals surface area contributed by atoms with E-state index in [1.807, 2.05) is 0 Å². The number of aromatic nitrogens is 1. The zero-order valence-corrected chi connectivity index (χ0v) is 16.2. The Kier molecular flexibility index (Phi) is 5.82. The molecule has 9 heteroatoms. The lowest BCUT2D eigenvalue weighted by Gasteiger charge is -2.34. The summed E-state index contributed by atoms with van der Waals surface area (Å²) in [5.41, 5.74) is -0.924. The topological polar surface area (TPSA) is 64.1 Å². The summed E-state index contributed by atoms with van der Waals surface area (Å²) in [5, 5.41) is -0.151. The van der Waals surface area contributed by atoms with Crippen molar-refractivity contribution in [3.05, 3.63) is 58.9 Å². The van der Waals surface area contributed by atoms with Crippen LogP contribution in [-0.2, 0) is 16.0 Å². The Labute approximate surface area is 165 Å². The predicted molar refractivity (Wildman–Crippen MR) is 98.0 cm³/mol. The quantitative estimate of drug-likeness (QED) is 0.606. The number of Topliss-reactive ketones (excluding diaryl/α,β-unsaturated/α-hetero) is 1. The molecule has 0 amide bonds. The molecule has 4 nitrogen and oxygen atoms in total. The molecular formula is C19H17ClF3NO3S. The van der Waals surface area contributed by atoms with Crippen LogP contribution < -0.4 is 0 Å². The molecule has 150 valence electrons. The molecule has 0 aliphatic heterocycles. The first-order valence-electron chi connectivity index (χ1n) is 8.63. The molecule has 2 aromatic rings. The number of benzene rings is 1. The van der Waals surface area contributed by atoms with E-state index in [-0.39, 0.29) is 28.7 Å². The van der Waals surface area contributed by atoms with Gasteiger partial charge in [0, 0.05) is 17.6 Å². The lowest BCUT2D eigenvalue weighted by Crippen LogP contribution is -2.36. The van der Waals surface area contributed by atoms with Gasteiger partial charge in [0.15, 0.2) is 15.6 Å². The van der Waals surface area contributed by atoms with Crippen LogP contribution in [0.15, 0.2) is 47.5 Å². The number of sulfone groups is 1. The second-order valence-electron chi connectivity index (χ2n) is 6.85. The summed E-state index contributed by atoms with van der Waals surface area (Å²) >= 11 is 5.85. The Hall–Kier alpha value is -1.93. The molecule has 1 aliphatic rings. The molecule has 0 bridgehead atoms. The van der Waals surface area contributed by atoms with Gasteiger partial charge in [-0.25, -0.2) is 8.42 Å². The molecule has 1 aromatic carbocycles. The Morgan fingerprint density at radius 3 is 2.46 bits per heavy atom. The number of hydrogen-bond donors (Lipinski definition) is 0. The fraction of sp³-hybridized carbons (Fsp3) is 0.368. The van der Waals surface area contributed by atoms with Crippen LogP contribution >= 0.6 is 11.6 Å². The first-order chi connectivity index (χ1) is 13.1. The molecular weight excluding hydrogens is 415 g/mol. The van der Waals surface area contributed by atoms with Gasteiger partial charge in [0.1, 0.15) is 5.69 Å². The number of halogens is 4. The smallest absolute Gasteiger partial charge is 0.292 e. The van der Waals surface area contributed by atoms with Gasteiger partial charge >= 0.3 is 6.18 Å². The highest BCUT2D eigenvalue weighted by Crippen LogP contribution is 2.39. The lowest BCUT2D eigenvalue weighted by atomic mass is 9.81. The van der Waals surface area contributed by atoms with E-state index in [0.29, 0.717) is 30.5 Å². The molecule has 3 rings (SSSR count). The van der Waals surface area contributed by atoms with Gasteiger partial charge < -0.3 is 0 Å². The van der Waals surface area contributed by atoms with Crippen LogP contribution in [0.25, 0.3) is 0 Å². The minimum absolute atomic E-state index is 0.0181. The highest BCUT2D eigenvalue weighted by Gasteiger charge is 2.39. The van der Waals surface area contributed by atoms with Crippen LogP contribution in [0.3, 0.4) is 0 Å². The molecule has 0 radical (unpaired) electrons. The zero-order chi connectivity index (χ0) is 20.5. The molecule has 1 saturated carbocycles. The molecule has 0 atom stereocenters. The zero-order valence-electron chi connectivity index (χ0n) is 14.6. The standard InChI is InChI=1S/C19H17ClF3NO3S/c20-14-2-1-3-15(10-14)28(26,27)16-8-12(9-16)4-7-18(25)17-6-5-13(11-24-17)19(21,22)23/h1-3,5-6,10-12,16H,4,7-9H2. The van der Waals surface area contributed by atoms with Crippen LogP contribution in [0.2, 0.25) is 5.02 Å². The lowest BCUT2D eigenvalue weighted by molar-refractivity contribution is -0.137. The van der Waals surface area contributed by atoms with Gasteiger partial charge in [-0.05, 0) is 55.5 Å². The summed E-state index contributed by atoms with van der Waals surface area (Å²) in [4.78, 5) is 15.9. The van der Waals surface area contributed by atoms with Gasteiger partial charge in [-0.1, -0.05) is 17.7 Å². The number of carbonyl (C=O) groups excluding carboxylic acids is 1. The Morgan fingerprint density at radius 1 is 1.18 bits per heavy atom. The van der Waals surface area contributed by atoms with E-state index in [1.165, 1.54) is 12.1 Å². The average Bonchev–Trinajstić information content (AvgIpc) is 2.59. The maximum Gasteiger partial charge on any atom is 0.417 e. The summed E-state index contributed by atoms with van der Waals surface area (Å²) in [6.07, 6.45) is -2.37. The van der Waals surface area contributed by atoms with Crippen LogP contribution in [0, 0.1) is 5.92 Å². The molecule has 0 saturated heterocycles. The van der Waals surface area contributed by atoms with Gasteiger partial charge in [-0.3, -0.25) is 9.78 Å². The molecule has 1 fully saturated rings. The monoisotopic (exact) mass is 431 g/mol. The maximum absolute atomic E-state index is 12.6. The molecule has 1 heterocycles. The number of ketones is 1. The van der Waals surface area contributed by atoms with Crippen molar-refractivity contribution in [2.45, 2.75) is 42.0 Å². The van der Waals surface area contributed by atoms with E-state index in [4.69, 9.17) is 11.6 Å².